The molecule has 1 aromatic heterocycles. The van der Waals surface area contributed by atoms with E-state index in [1.54, 1.807) is 6.92 Å². The van der Waals surface area contributed by atoms with Gasteiger partial charge in [-0.3, -0.25) is 15.1 Å². The van der Waals surface area contributed by atoms with Crippen LogP contribution in [0.25, 0.3) is 0 Å². The van der Waals surface area contributed by atoms with Crippen molar-refractivity contribution in [3.63, 3.8) is 0 Å². The van der Waals surface area contributed by atoms with Crippen molar-refractivity contribution >= 4 is 23.5 Å². The number of carbonyl (C=O) groups excluding carboxylic acids is 1. The van der Waals surface area contributed by atoms with Gasteiger partial charge < -0.3 is 27.8 Å². The molecule has 0 unspecified atom stereocenters. The monoisotopic (exact) mass is 419 g/mol. The lowest BCUT2D eigenvalue weighted by Gasteiger charge is -2.32. The Balaban J connectivity index is 1.63. The number of likely N-dealkylation sites (tertiary alicyclic amines) is 1. The molecule has 9 N–H and O–H groups in total. The van der Waals surface area contributed by atoms with Gasteiger partial charge in [0.25, 0.3) is 5.91 Å². The molecule has 2 heterocycles. The first kappa shape index (κ1) is 23.8. The Morgan fingerprint density at radius 3 is 2.57 bits per heavy atom. The molecule has 0 atom stereocenters. The van der Waals surface area contributed by atoms with Crippen molar-refractivity contribution in [2.75, 3.05) is 44.2 Å². The number of hydrogen-bond donors (Lipinski definition) is 5. The van der Waals surface area contributed by atoms with Gasteiger partial charge in [-0.2, -0.15) is 0 Å². The summed E-state index contributed by atoms with van der Waals surface area (Å²) in [6, 6.07) is 0. The van der Waals surface area contributed by atoms with Gasteiger partial charge in [0.05, 0.1) is 5.69 Å². The number of nitrogens with two attached hydrogens (primary N) is 4. The second kappa shape index (κ2) is 12.3. The molecule has 1 aliphatic rings. The Hall–Kier alpha value is -2.46. The average molecular weight is 420 g/mol. The van der Waals surface area contributed by atoms with Gasteiger partial charge in [0, 0.05) is 6.54 Å². The Morgan fingerprint density at radius 2 is 1.87 bits per heavy atom. The first-order chi connectivity index (χ1) is 14.4. The van der Waals surface area contributed by atoms with Crippen LogP contribution in [0.2, 0.25) is 0 Å². The zero-order valence-electron chi connectivity index (χ0n) is 18.1. The van der Waals surface area contributed by atoms with Crippen LogP contribution in [0.5, 0.6) is 0 Å². The van der Waals surface area contributed by atoms with Crippen LogP contribution in [0.1, 0.15) is 61.1 Å². The number of rotatable bonds is 10. The summed E-state index contributed by atoms with van der Waals surface area (Å²) in [5.41, 5.74) is 23.1. The van der Waals surface area contributed by atoms with Crippen LogP contribution in [0.15, 0.2) is 4.99 Å². The molecule has 2 rings (SSSR count). The third-order valence-electron chi connectivity index (χ3n) is 5.53. The highest BCUT2D eigenvalue weighted by atomic mass is 16.2. The van der Waals surface area contributed by atoms with Gasteiger partial charge in [0.1, 0.15) is 5.82 Å². The number of nitrogen functional groups attached to an aromatic ring is 2. The number of hydrogen-bond acceptors (Lipinski definition) is 8. The van der Waals surface area contributed by atoms with Crippen molar-refractivity contribution in [2.45, 2.75) is 51.9 Å². The van der Waals surface area contributed by atoms with Crippen LogP contribution in [0.3, 0.4) is 0 Å². The molecule has 0 spiro atoms. The summed E-state index contributed by atoms with van der Waals surface area (Å²) >= 11 is 0. The van der Waals surface area contributed by atoms with E-state index in [4.69, 9.17) is 22.9 Å². The predicted molar refractivity (Wildman–Crippen MR) is 121 cm³/mol. The molecule has 1 saturated heterocycles. The van der Waals surface area contributed by atoms with Crippen LogP contribution >= 0.6 is 0 Å². The molecule has 10 heteroatoms. The first-order valence-electron chi connectivity index (χ1n) is 10.8. The summed E-state index contributed by atoms with van der Waals surface area (Å²) in [6.45, 7) is 6.45. The summed E-state index contributed by atoms with van der Waals surface area (Å²) in [4.78, 5) is 26.9. The normalized spacial score (nSPS) is 16.0. The number of nitrogens with one attached hydrogen (secondary N) is 1. The second-order valence-electron chi connectivity index (χ2n) is 7.93. The zero-order chi connectivity index (χ0) is 21.9. The quantitative estimate of drug-likeness (QED) is 0.208. The summed E-state index contributed by atoms with van der Waals surface area (Å²) < 4.78 is 0. The van der Waals surface area contributed by atoms with Crippen LogP contribution in [0.4, 0.5) is 11.6 Å². The SMILES string of the molecule is Cc1nc(C(=O)NC(N)=NCCCCN2CCC(CCCCN)CC2)c(N)nc1N. The van der Waals surface area contributed by atoms with E-state index in [9.17, 15) is 4.79 Å². The van der Waals surface area contributed by atoms with Crippen molar-refractivity contribution in [1.29, 1.82) is 0 Å². The summed E-state index contributed by atoms with van der Waals surface area (Å²) in [5, 5.41) is 2.50. The zero-order valence-corrected chi connectivity index (χ0v) is 18.1. The van der Waals surface area contributed by atoms with Crippen LogP contribution < -0.4 is 28.3 Å². The Bertz CT molecular complexity index is 714. The Morgan fingerprint density at radius 1 is 1.13 bits per heavy atom. The van der Waals surface area contributed by atoms with Crippen LogP contribution in [-0.4, -0.2) is 59.5 Å². The molecule has 1 amide bonds. The fraction of sp³-hybridized carbons (Fsp3) is 0.700. The minimum Gasteiger partial charge on any atom is -0.382 e. The average Bonchev–Trinajstić information content (AvgIpc) is 2.71. The molecule has 0 bridgehead atoms. The van der Waals surface area contributed by atoms with E-state index in [1.807, 2.05) is 0 Å². The lowest BCUT2D eigenvalue weighted by Crippen LogP contribution is -2.38. The highest BCUT2D eigenvalue weighted by molar-refractivity contribution is 6.06. The minimum absolute atomic E-state index is 0.00807. The maximum Gasteiger partial charge on any atom is 0.280 e. The number of amides is 1. The molecular formula is C20H37N9O. The second-order valence-corrected chi connectivity index (χ2v) is 7.93. The lowest BCUT2D eigenvalue weighted by molar-refractivity contribution is 0.0972. The number of aryl methyl sites for hydroxylation is 1. The summed E-state index contributed by atoms with van der Waals surface area (Å²) in [6.07, 6.45) is 8.27. The van der Waals surface area contributed by atoms with Crippen LogP contribution in [-0.2, 0) is 0 Å². The Labute approximate surface area is 178 Å². The standard InChI is InChI=1S/C20H37N9O/c1-14-17(22)27-18(23)16(26-14)19(30)28-20(24)25-10-4-5-11-29-12-7-15(8-13-29)6-2-3-9-21/h15H,2-13,21H2,1H3,(H4,22,23,27)(H3,24,25,28,30). The third kappa shape index (κ3) is 7.75. The number of nitrogens with zero attached hydrogens (tertiary/aromatic N) is 4. The summed E-state index contributed by atoms with van der Waals surface area (Å²) in [5.74, 6) is 0.532. The predicted octanol–water partition coefficient (Wildman–Crippen LogP) is 0.615. The molecular weight excluding hydrogens is 382 g/mol. The topological polar surface area (TPSA) is 175 Å². The van der Waals surface area contributed by atoms with Gasteiger partial charge in [0.15, 0.2) is 17.5 Å². The number of aromatic nitrogens is 2. The van der Waals surface area contributed by atoms with Crippen molar-refractivity contribution in [3.8, 4) is 0 Å². The minimum atomic E-state index is -0.543. The lowest BCUT2D eigenvalue weighted by atomic mass is 9.91. The molecule has 0 radical (unpaired) electrons. The van der Waals surface area contributed by atoms with E-state index in [2.05, 4.69) is 25.2 Å². The molecule has 1 fully saturated rings. The van der Waals surface area contributed by atoms with Crippen molar-refractivity contribution in [2.24, 2.45) is 22.4 Å². The van der Waals surface area contributed by atoms with Gasteiger partial charge in [-0.1, -0.05) is 12.8 Å². The van der Waals surface area contributed by atoms with Gasteiger partial charge >= 0.3 is 0 Å². The molecule has 30 heavy (non-hydrogen) atoms. The van der Waals surface area contributed by atoms with Gasteiger partial charge in [-0.25, -0.2) is 9.97 Å². The fourth-order valence-electron chi connectivity index (χ4n) is 3.65. The van der Waals surface area contributed by atoms with Crippen molar-refractivity contribution in [3.05, 3.63) is 11.4 Å². The van der Waals surface area contributed by atoms with E-state index in [0.29, 0.717) is 12.2 Å². The van der Waals surface area contributed by atoms with E-state index in [0.717, 1.165) is 38.3 Å². The molecule has 1 aliphatic heterocycles. The molecule has 0 aromatic carbocycles. The number of guanidine groups is 1. The van der Waals surface area contributed by atoms with E-state index in [-0.39, 0.29) is 23.3 Å². The summed E-state index contributed by atoms with van der Waals surface area (Å²) in [7, 11) is 0. The fourth-order valence-corrected chi connectivity index (χ4v) is 3.65. The maximum atomic E-state index is 12.2. The largest absolute Gasteiger partial charge is 0.382 e. The van der Waals surface area contributed by atoms with Gasteiger partial charge in [-0.15, -0.1) is 0 Å². The van der Waals surface area contributed by atoms with E-state index in [1.165, 1.54) is 38.8 Å². The van der Waals surface area contributed by atoms with Gasteiger partial charge in [0.2, 0.25) is 0 Å². The number of aliphatic imine (C=N–C) groups is 1. The first-order valence-corrected chi connectivity index (χ1v) is 10.8. The van der Waals surface area contributed by atoms with Crippen molar-refractivity contribution in [1.82, 2.24) is 20.2 Å². The number of unbranched alkanes of at least 4 members (excludes halogenated alkanes) is 2. The molecule has 1 aromatic rings. The van der Waals surface area contributed by atoms with Crippen molar-refractivity contribution < 1.29 is 4.79 Å². The molecule has 0 aliphatic carbocycles. The van der Waals surface area contributed by atoms with Crippen LogP contribution in [0, 0.1) is 12.8 Å². The molecule has 0 saturated carbocycles. The smallest absolute Gasteiger partial charge is 0.280 e. The molecule has 10 nitrogen and oxygen atoms in total. The highest BCUT2D eigenvalue weighted by Crippen LogP contribution is 2.22. The van der Waals surface area contributed by atoms with E-state index < -0.39 is 5.91 Å². The number of piperidine rings is 1. The van der Waals surface area contributed by atoms with Gasteiger partial charge in [-0.05, 0) is 71.1 Å². The van der Waals surface area contributed by atoms with E-state index >= 15 is 0 Å². The maximum absolute atomic E-state index is 12.2. The Kier molecular flexibility index (Phi) is 9.75. The number of anilines is 2. The number of carbonyl (C=O) groups is 1. The highest BCUT2D eigenvalue weighted by Gasteiger charge is 2.18. The molecule has 168 valence electrons. The third-order valence-corrected chi connectivity index (χ3v) is 5.53.